The second-order valence-electron chi connectivity index (χ2n) is 1.44. The van der Waals surface area contributed by atoms with Gasteiger partial charge in [-0.3, -0.25) is 0 Å². The highest BCUT2D eigenvalue weighted by molar-refractivity contribution is 4.81. The van der Waals surface area contributed by atoms with E-state index in [9.17, 15) is 0 Å². The molecular weight excluding hydrogens is 104 g/mol. The van der Waals surface area contributed by atoms with Crippen molar-refractivity contribution in [3.8, 4) is 0 Å². The quantitative estimate of drug-likeness (QED) is 0.583. The Kier molecular flexibility index (Phi) is 1.56. The zero-order chi connectivity index (χ0) is 5.82. The summed E-state index contributed by atoms with van der Waals surface area (Å²) in [7, 11) is 0. The summed E-state index contributed by atoms with van der Waals surface area (Å²) in [6.07, 6.45) is 2.77. The van der Waals surface area contributed by atoms with E-state index in [-0.39, 0.29) is 0 Å². The van der Waals surface area contributed by atoms with Crippen LogP contribution < -0.4 is 0 Å². The predicted octanol–water partition coefficient (Wildman–Crippen LogP) is -0.0336. The summed E-state index contributed by atoms with van der Waals surface area (Å²) in [6, 6.07) is 0. The van der Waals surface area contributed by atoms with Gasteiger partial charge in [0, 0.05) is 6.42 Å². The summed E-state index contributed by atoms with van der Waals surface area (Å²) in [4.78, 5) is 0. The van der Waals surface area contributed by atoms with Crippen molar-refractivity contribution in [1.82, 2.24) is 20.6 Å². The van der Waals surface area contributed by atoms with Gasteiger partial charge in [-0.15, -0.1) is 10.2 Å². The van der Waals surface area contributed by atoms with Crippen molar-refractivity contribution < 1.29 is 0 Å². The van der Waals surface area contributed by atoms with Gasteiger partial charge in [-0.2, -0.15) is 5.21 Å². The van der Waals surface area contributed by atoms with Crippen LogP contribution in [0.3, 0.4) is 0 Å². The summed E-state index contributed by atoms with van der Waals surface area (Å²) in [5, 5.41) is 13.2. The van der Waals surface area contributed by atoms with Crippen LogP contribution >= 0.6 is 0 Å². The molecule has 0 bridgehead atoms. The molecule has 4 nitrogen and oxygen atoms in total. The highest BCUT2D eigenvalue weighted by Crippen LogP contribution is 1.86. The van der Waals surface area contributed by atoms with Crippen molar-refractivity contribution in [1.29, 1.82) is 0 Å². The van der Waals surface area contributed by atoms with Crippen LogP contribution in [0.4, 0.5) is 0 Å². The summed E-state index contributed by atoms with van der Waals surface area (Å²) in [6.45, 7) is 1.95. The van der Waals surface area contributed by atoms with Crippen molar-refractivity contribution in [3.63, 3.8) is 0 Å². The molecule has 0 aliphatic carbocycles. The average Bonchev–Trinajstić information content (AvgIpc) is 2.19. The van der Waals surface area contributed by atoms with E-state index in [1.165, 1.54) is 0 Å². The Balaban J connectivity index is 2.50. The summed E-state index contributed by atoms with van der Waals surface area (Å²) < 4.78 is 0. The first-order chi connectivity index (χ1) is 3.93. The third-order valence-corrected chi connectivity index (χ3v) is 0.776. The minimum Gasteiger partial charge on any atom is -0.177 e. The van der Waals surface area contributed by atoms with Crippen LogP contribution in [0.2, 0.25) is 0 Å². The lowest BCUT2D eigenvalue weighted by Crippen LogP contribution is -1.85. The molecule has 1 radical (unpaired) electrons. The molecule has 1 N–H and O–H groups in total. The summed E-state index contributed by atoms with van der Waals surface area (Å²) in [5.41, 5.74) is 0. The maximum absolute atomic E-state index is 3.73. The molecule has 0 saturated carbocycles. The van der Waals surface area contributed by atoms with Crippen molar-refractivity contribution in [3.05, 3.63) is 12.2 Å². The third kappa shape index (κ3) is 1.02. The number of aromatic nitrogens is 4. The van der Waals surface area contributed by atoms with E-state index in [1.54, 1.807) is 0 Å². The third-order valence-electron chi connectivity index (χ3n) is 0.776. The second-order valence-corrected chi connectivity index (χ2v) is 1.44. The first-order valence-electron chi connectivity index (χ1n) is 2.43. The van der Waals surface area contributed by atoms with Crippen LogP contribution in [0.15, 0.2) is 0 Å². The van der Waals surface area contributed by atoms with Gasteiger partial charge in [0.25, 0.3) is 0 Å². The van der Waals surface area contributed by atoms with Gasteiger partial charge in [0.2, 0.25) is 0 Å². The molecule has 1 aromatic rings. The van der Waals surface area contributed by atoms with Crippen LogP contribution in [-0.2, 0) is 6.42 Å². The largest absolute Gasteiger partial charge is 0.177 e. The molecule has 43 valence electrons. The fourth-order valence-electron chi connectivity index (χ4n) is 0.452. The van der Waals surface area contributed by atoms with Crippen molar-refractivity contribution >= 4 is 0 Å². The van der Waals surface area contributed by atoms with E-state index in [4.69, 9.17) is 0 Å². The average molecular weight is 111 g/mol. The molecule has 0 amide bonds. The molecule has 0 saturated heterocycles. The molecule has 1 aromatic heterocycles. The van der Waals surface area contributed by atoms with E-state index in [0.29, 0.717) is 0 Å². The van der Waals surface area contributed by atoms with Crippen LogP contribution in [-0.4, -0.2) is 20.6 Å². The molecule has 0 aliphatic rings. The van der Waals surface area contributed by atoms with Crippen molar-refractivity contribution in [2.45, 2.75) is 13.3 Å². The Hall–Kier alpha value is -0.930. The Morgan fingerprint density at radius 3 is 3.12 bits per heavy atom. The normalized spacial score (nSPS) is 9.62. The van der Waals surface area contributed by atoms with Crippen LogP contribution in [0, 0.1) is 6.42 Å². The Morgan fingerprint density at radius 1 is 1.75 bits per heavy atom. The SMILES string of the molecule is C[CH]Cc1nn[nH]n1. The van der Waals surface area contributed by atoms with Gasteiger partial charge in [0.15, 0.2) is 5.82 Å². The zero-order valence-electron chi connectivity index (χ0n) is 4.63. The maximum Gasteiger partial charge on any atom is 0.174 e. The van der Waals surface area contributed by atoms with E-state index >= 15 is 0 Å². The van der Waals surface area contributed by atoms with E-state index in [2.05, 4.69) is 20.6 Å². The topological polar surface area (TPSA) is 54.5 Å². The van der Waals surface area contributed by atoms with E-state index in [0.717, 1.165) is 12.2 Å². The van der Waals surface area contributed by atoms with Gasteiger partial charge < -0.3 is 0 Å². The molecule has 0 aromatic carbocycles. The molecule has 8 heavy (non-hydrogen) atoms. The van der Waals surface area contributed by atoms with E-state index < -0.39 is 0 Å². The molecule has 0 spiro atoms. The zero-order valence-corrected chi connectivity index (χ0v) is 4.63. The molecule has 0 fully saturated rings. The molecular formula is C4H7N4. The highest BCUT2D eigenvalue weighted by atomic mass is 15.5. The number of H-pyrrole nitrogens is 1. The molecule has 4 heteroatoms. The Bertz CT molecular complexity index is 134. The lowest BCUT2D eigenvalue weighted by molar-refractivity contribution is 0.881. The minimum absolute atomic E-state index is 0.743. The fourth-order valence-corrected chi connectivity index (χ4v) is 0.452. The number of hydrogen-bond donors (Lipinski definition) is 1. The monoisotopic (exact) mass is 111 g/mol. The highest BCUT2D eigenvalue weighted by Gasteiger charge is 1.91. The minimum atomic E-state index is 0.743. The predicted molar refractivity (Wildman–Crippen MR) is 27.9 cm³/mol. The molecule has 1 rings (SSSR count). The van der Waals surface area contributed by atoms with Crippen molar-refractivity contribution in [2.24, 2.45) is 0 Å². The van der Waals surface area contributed by atoms with Crippen LogP contribution in [0.25, 0.3) is 0 Å². The van der Waals surface area contributed by atoms with Gasteiger partial charge in [0.1, 0.15) is 0 Å². The smallest absolute Gasteiger partial charge is 0.174 e. The first kappa shape index (κ1) is 5.21. The number of rotatable bonds is 2. The Morgan fingerprint density at radius 2 is 2.62 bits per heavy atom. The maximum atomic E-state index is 3.73. The summed E-state index contributed by atoms with van der Waals surface area (Å²) in [5.74, 6) is 0.743. The molecule has 0 atom stereocenters. The number of tetrazole rings is 1. The fraction of sp³-hybridized carbons (Fsp3) is 0.500. The number of aromatic amines is 1. The van der Waals surface area contributed by atoms with E-state index in [1.807, 2.05) is 13.3 Å². The van der Waals surface area contributed by atoms with Crippen LogP contribution in [0.1, 0.15) is 12.7 Å². The van der Waals surface area contributed by atoms with Gasteiger partial charge in [-0.1, -0.05) is 12.1 Å². The van der Waals surface area contributed by atoms with Crippen LogP contribution in [0.5, 0.6) is 0 Å². The second kappa shape index (κ2) is 2.40. The lowest BCUT2D eigenvalue weighted by Gasteiger charge is -1.80. The number of hydrogen-bond acceptors (Lipinski definition) is 3. The van der Waals surface area contributed by atoms with Gasteiger partial charge in [-0.25, -0.2) is 0 Å². The molecule has 0 aliphatic heterocycles. The Labute approximate surface area is 47.3 Å². The molecule has 1 heterocycles. The summed E-state index contributed by atoms with van der Waals surface area (Å²) >= 11 is 0. The standard InChI is InChI=1S/C4H7N4/c1-2-3-4-5-7-8-6-4/h2H,3H2,1H3,(H,5,6,7,8). The number of nitrogens with one attached hydrogen (secondary N) is 1. The van der Waals surface area contributed by atoms with Gasteiger partial charge in [-0.05, 0) is 6.42 Å². The lowest BCUT2D eigenvalue weighted by atomic mass is 10.3. The van der Waals surface area contributed by atoms with Gasteiger partial charge >= 0.3 is 0 Å². The van der Waals surface area contributed by atoms with Crippen molar-refractivity contribution in [2.75, 3.05) is 0 Å². The first-order valence-corrected chi connectivity index (χ1v) is 2.43. The number of nitrogens with zero attached hydrogens (tertiary/aromatic N) is 3. The molecule has 0 unspecified atom stereocenters. The van der Waals surface area contributed by atoms with Gasteiger partial charge in [0.05, 0.1) is 0 Å².